The van der Waals surface area contributed by atoms with Crippen molar-refractivity contribution in [1.29, 1.82) is 0 Å². The zero-order valence-electron chi connectivity index (χ0n) is 35.7. The molecule has 0 spiro atoms. The van der Waals surface area contributed by atoms with Gasteiger partial charge in [-0.05, 0) is 113 Å². The van der Waals surface area contributed by atoms with Crippen molar-refractivity contribution in [1.82, 2.24) is 4.90 Å². The number of carbonyl (C=O) groups excluding carboxylic acids is 3. The summed E-state index contributed by atoms with van der Waals surface area (Å²) in [6.45, 7) is 12.0. The fourth-order valence-electron chi connectivity index (χ4n) is 9.09. The molecule has 3 heterocycles. The van der Waals surface area contributed by atoms with Crippen LogP contribution < -0.4 is 0 Å². The summed E-state index contributed by atoms with van der Waals surface area (Å²) in [4.78, 5) is 43.5. The summed E-state index contributed by atoms with van der Waals surface area (Å²) in [5.74, 6) is -3.07. The number of aliphatic hydroxyl groups is 4. The average molecular weight is 800 g/mol. The number of ketones is 1. The second kappa shape index (κ2) is 22.1. The highest BCUT2D eigenvalue weighted by molar-refractivity contribution is 5.86. The summed E-state index contributed by atoms with van der Waals surface area (Å²) in [5.41, 5.74) is 1.67. The van der Waals surface area contributed by atoms with Crippen LogP contribution in [0.4, 0.5) is 0 Å². The number of allylic oxidation sites excluding steroid dienone is 5. The fraction of sp³-hybridized carbons (Fsp3) is 0.761. The fourth-order valence-corrected chi connectivity index (χ4v) is 9.09. The van der Waals surface area contributed by atoms with Crippen molar-refractivity contribution in [3.05, 3.63) is 47.6 Å². The minimum absolute atomic E-state index is 0.0303. The highest BCUT2D eigenvalue weighted by Gasteiger charge is 2.46. The molecule has 0 aromatic heterocycles. The summed E-state index contributed by atoms with van der Waals surface area (Å²) in [6.07, 6.45) is 15.1. The Labute approximate surface area is 341 Å². The molecule has 2 saturated heterocycles. The number of aliphatic hydroxyl groups excluding tert-OH is 3. The molecular formula is C46H73NO10. The molecule has 3 aliphatic heterocycles. The Morgan fingerprint density at radius 2 is 1.75 bits per heavy atom. The van der Waals surface area contributed by atoms with E-state index in [0.29, 0.717) is 69.9 Å². The summed E-state index contributed by atoms with van der Waals surface area (Å²) in [7, 11) is 1.66. The first-order valence-corrected chi connectivity index (χ1v) is 21.7. The molecule has 4 aliphatic rings. The molecule has 57 heavy (non-hydrogen) atoms. The van der Waals surface area contributed by atoms with Gasteiger partial charge in [-0.2, -0.15) is 0 Å². The lowest BCUT2D eigenvalue weighted by atomic mass is 9.79. The van der Waals surface area contributed by atoms with Gasteiger partial charge in [-0.15, -0.1) is 0 Å². The molecule has 1 saturated carbocycles. The van der Waals surface area contributed by atoms with Crippen molar-refractivity contribution < 1.29 is 49.0 Å². The highest BCUT2D eigenvalue weighted by atomic mass is 16.6. The number of piperidine rings is 1. The Morgan fingerprint density at radius 1 is 1.00 bits per heavy atom. The van der Waals surface area contributed by atoms with Crippen LogP contribution in [0.1, 0.15) is 131 Å². The van der Waals surface area contributed by atoms with Crippen LogP contribution >= 0.6 is 0 Å². The molecule has 0 radical (unpaired) electrons. The molecule has 13 atom stereocenters. The number of cyclic esters (lactones) is 1. The predicted octanol–water partition coefficient (Wildman–Crippen LogP) is 6.52. The standard InChI is InChI=1S/C46H73NO10/c1-29-13-9-8-10-14-30(2)42(55-7)26-36-19-17-34(6)46(54,57-36)28-44(52)47-22-12-11-15-37(47)45(53)56-43(27-40(50)32(4)23-29)31(3)16-20-38(48)33(5)24-35-18-21-39(49)41(51)25-35/h8-10,13-14,16,29,32-39,41-43,48-49,51,54H,11-12,15,17-28H2,1-7H3/b10-8+,13-9+,30-14+,31-16+/t29-,32-,33-,34-,35+,36+,37+,38?,39-,41-,42+,43+,46+/m1/s1. The number of esters is 1. The molecule has 2 bridgehead atoms. The van der Waals surface area contributed by atoms with E-state index in [1.165, 1.54) is 4.90 Å². The summed E-state index contributed by atoms with van der Waals surface area (Å²) < 4.78 is 18.4. The number of Topliss-reactive ketones (excluding diaryl/α,β-unsaturated/α-hetero) is 1. The predicted molar refractivity (Wildman–Crippen MR) is 220 cm³/mol. The third kappa shape index (κ3) is 13.7. The quantitative estimate of drug-likeness (QED) is 0.165. The van der Waals surface area contributed by atoms with Crippen molar-refractivity contribution in [3.63, 3.8) is 0 Å². The average Bonchev–Trinajstić information content (AvgIpc) is 3.17. The van der Waals surface area contributed by atoms with Gasteiger partial charge in [0.1, 0.15) is 17.9 Å². The van der Waals surface area contributed by atoms with Crippen molar-refractivity contribution in [2.45, 2.75) is 180 Å². The van der Waals surface area contributed by atoms with E-state index in [2.05, 4.69) is 13.0 Å². The molecule has 11 nitrogen and oxygen atoms in total. The minimum atomic E-state index is -1.71. The maximum atomic E-state index is 14.1. The molecule has 11 heteroatoms. The molecule has 4 rings (SSSR count). The number of amides is 1. The maximum Gasteiger partial charge on any atom is 0.329 e. The van der Waals surface area contributed by atoms with E-state index in [9.17, 15) is 34.8 Å². The van der Waals surface area contributed by atoms with Crippen molar-refractivity contribution in [2.75, 3.05) is 13.7 Å². The van der Waals surface area contributed by atoms with Crippen LogP contribution in [0.15, 0.2) is 47.6 Å². The maximum absolute atomic E-state index is 14.1. The first-order valence-electron chi connectivity index (χ1n) is 21.7. The summed E-state index contributed by atoms with van der Waals surface area (Å²) in [6, 6.07) is -0.868. The SMILES string of the molecule is CO[C@H]1C[C@@H]2CC[C@@H](C)[C@](O)(CC(=O)N3CCCC[C@H]3C(=O)O[C@H](/C(C)=C/CC(O)[C@H](C)C[C@@H]3CC[C@@H](O)[C@H](O)C3)CC(=O)[C@H](C)C[C@H](C)/C=C/C=C/C=C/1C)O2. The lowest BCUT2D eigenvalue weighted by Crippen LogP contribution is -2.54. The number of hydrogen-bond donors (Lipinski definition) is 4. The van der Waals surface area contributed by atoms with E-state index in [1.807, 2.05) is 65.0 Å². The Bertz CT molecular complexity index is 1460. The number of carbonyl (C=O) groups is 3. The van der Waals surface area contributed by atoms with Gasteiger partial charge in [-0.3, -0.25) is 9.59 Å². The zero-order valence-corrected chi connectivity index (χ0v) is 35.7. The molecule has 322 valence electrons. The van der Waals surface area contributed by atoms with Crippen LogP contribution in [0.5, 0.6) is 0 Å². The lowest BCUT2D eigenvalue weighted by molar-refractivity contribution is -0.284. The number of ether oxygens (including phenoxy) is 3. The monoisotopic (exact) mass is 800 g/mol. The molecule has 4 N–H and O–H groups in total. The van der Waals surface area contributed by atoms with E-state index >= 15 is 0 Å². The second-order valence-corrected chi connectivity index (χ2v) is 18.0. The van der Waals surface area contributed by atoms with E-state index < -0.39 is 42.2 Å². The van der Waals surface area contributed by atoms with Gasteiger partial charge >= 0.3 is 5.97 Å². The summed E-state index contributed by atoms with van der Waals surface area (Å²) in [5, 5.41) is 43.1. The normalized spacial score (nSPS) is 39.2. The Hall–Kier alpha value is -2.67. The number of hydrogen-bond acceptors (Lipinski definition) is 10. The molecule has 3 fully saturated rings. The highest BCUT2D eigenvalue weighted by Crippen LogP contribution is 2.38. The van der Waals surface area contributed by atoms with Crippen molar-refractivity contribution in [2.24, 2.45) is 29.6 Å². The smallest absolute Gasteiger partial charge is 0.329 e. The molecule has 0 aromatic rings. The lowest BCUT2D eigenvalue weighted by Gasteiger charge is -2.44. The first kappa shape index (κ1) is 47.0. The topological polar surface area (TPSA) is 163 Å². The zero-order chi connectivity index (χ0) is 41.9. The molecule has 1 aliphatic carbocycles. The van der Waals surface area contributed by atoms with Crippen LogP contribution in [-0.2, 0) is 28.6 Å². The third-order valence-corrected chi connectivity index (χ3v) is 13.2. The van der Waals surface area contributed by atoms with E-state index in [4.69, 9.17) is 14.2 Å². The largest absolute Gasteiger partial charge is 0.456 e. The first-order chi connectivity index (χ1) is 27.0. The minimum Gasteiger partial charge on any atom is -0.456 e. The summed E-state index contributed by atoms with van der Waals surface area (Å²) >= 11 is 0. The van der Waals surface area contributed by atoms with Gasteiger partial charge in [-0.25, -0.2) is 4.79 Å². The van der Waals surface area contributed by atoms with Crippen LogP contribution in [0.2, 0.25) is 0 Å². The third-order valence-electron chi connectivity index (χ3n) is 13.2. The van der Waals surface area contributed by atoms with E-state index in [1.54, 1.807) is 7.11 Å². The van der Waals surface area contributed by atoms with Gasteiger partial charge in [0.2, 0.25) is 5.91 Å². The Kier molecular flexibility index (Phi) is 18.2. The number of fused-ring (bicyclic) bond motifs is 3. The molecule has 1 amide bonds. The van der Waals surface area contributed by atoms with Gasteiger partial charge < -0.3 is 39.5 Å². The molecular weight excluding hydrogens is 727 g/mol. The van der Waals surface area contributed by atoms with Gasteiger partial charge in [0.15, 0.2) is 5.79 Å². The van der Waals surface area contributed by atoms with Crippen LogP contribution in [0, 0.1) is 29.6 Å². The molecule has 1 unspecified atom stereocenters. The van der Waals surface area contributed by atoms with Crippen LogP contribution in [-0.4, -0.2) is 105 Å². The number of nitrogens with zero attached hydrogens (tertiary/aromatic N) is 1. The van der Waals surface area contributed by atoms with E-state index in [0.717, 1.165) is 24.8 Å². The van der Waals surface area contributed by atoms with Gasteiger partial charge in [0.05, 0.1) is 36.9 Å². The van der Waals surface area contributed by atoms with Gasteiger partial charge in [0.25, 0.3) is 0 Å². The number of rotatable bonds is 7. The Balaban J connectivity index is 1.58. The van der Waals surface area contributed by atoms with Crippen LogP contribution in [0.3, 0.4) is 0 Å². The van der Waals surface area contributed by atoms with Crippen LogP contribution in [0.25, 0.3) is 0 Å². The van der Waals surface area contributed by atoms with Crippen molar-refractivity contribution >= 4 is 17.7 Å². The second-order valence-electron chi connectivity index (χ2n) is 18.0. The van der Waals surface area contributed by atoms with Crippen molar-refractivity contribution in [3.8, 4) is 0 Å². The Morgan fingerprint density at radius 3 is 2.47 bits per heavy atom. The van der Waals surface area contributed by atoms with Gasteiger partial charge in [0, 0.05) is 38.3 Å². The van der Waals surface area contributed by atoms with E-state index in [-0.39, 0.29) is 66.3 Å². The van der Waals surface area contributed by atoms with Gasteiger partial charge in [-0.1, -0.05) is 64.2 Å². The number of methoxy groups -OCH3 is 1. The molecule has 0 aromatic carbocycles.